The van der Waals surface area contributed by atoms with E-state index in [1.54, 1.807) is 37.6 Å². The van der Waals surface area contributed by atoms with Crippen LogP contribution in [0.5, 0.6) is 5.75 Å². The highest BCUT2D eigenvalue weighted by molar-refractivity contribution is 6.42. The Balaban J connectivity index is 1.82. The van der Waals surface area contributed by atoms with Gasteiger partial charge in [-0.2, -0.15) is 0 Å². The molecule has 0 fully saturated rings. The van der Waals surface area contributed by atoms with Crippen molar-refractivity contribution in [3.05, 3.63) is 87.9 Å². The molecule has 1 heterocycles. The number of aromatic nitrogens is 2. The number of hydrogen-bond acceptors (Lipinski definition) is 3. The van der Waals surface area contributed by atoms with Crippen LogP contribution in [0, 0.1) is 0 Å². The summed E-state index contributed by atoms with van der Waals surface area (Å²) in [5.74, 6) is 1.21. The van der Waals surface area contributed by atoms with Gasteiger partial charge in [0, 0.05) is 25.5 Å². The number of rotatable bonds is 6. The molecule has 1 aromatic heterocycles. The van der Waals surface area contributed by atoms with Crippen LogP contribution in [0.1, 0.15) is 23.0 Å². The number of halogens is 2. The molecule has 3 aromatic rings. The maximum atomic E-state index is 12.6. The van der Waals surface area contributed by atoms with Crippen molar-refractivity contribution in [3.63, 3.8) is 0 Å². The third-order valence-corrected chi connectivity index (χ3v) is 4.96. The zero-order valence-electron chi connectivity index (χ0n) is 15.4. The molecule has 0 aliphatic carbocycles. The molecule has 0 saturated carbocycles. The van der Waals surface area contributed by atoms with Crippen molar-refractivity contribution in [1.29, 1.82) is 0 Å². The molecule has 1 amide bonds. The van der Waals surface area contributed by atoms with Crippen LogP contribution < -0.4 is 10.1 Å². The zero-order valence-corrected chi connectivity index (χ0v) is 16.9. The highest BCUT2D eigenvalue weighted by Crippen LogP contribution is 2.24. The molecule has 1 unspecified atom stereocenters. The highest BCUT2D eigenvalue weighted by Gasteiger charge is 2.20. The zero-order chi connectivity index (χ0) is 20.1. The number of methoxy groups -OCH3 is 1. The predicted octanol–water partition coefficient (Wildman–Crippen LogP) is 4.65. The number of imidazole rings is 1. The summed E-state index contributed by atoms with van der Waals surface area (Å²) in [4.78, 5) is 17.0. The number of nitrogens with one attached hydrogen (secondary N) is 1. The number of aryl methyl sites for hydroxylation is 1. The van der Waals surface area contributed by atoms with Crippen molar-refractivity contribution < 1.29 is 9.53 Å². The van der Waals surface area contributed by atoms with Gasteiger partial charge in [0.1, 0.15) is 17.6 Å². The highest BCUT2D eigenvalue weighted by atomic mass is 35.5. The fourth-order valence-corrected chi connectivity index (χ4v) is 3.03. The summed E-state index contributed by atoms with van der Waals surface area (Å²) >= 11 is 11.9. The number of hydrogen-bond donors (Lipinski definition) is 1. The van der Waals surface area contributed by atoms with Crippen molar-refractivity contribution in [3.8, 4) is 5.75 Å². The first-order valence-electron chi connectivity index (χ1n) is 8.52. The first kappa shape index (κ1) is 20.0. The molecule has 0 aliphatic heterocycles. The topological polar surface area (TPSA) is 56.1 Å². The Bertz CT molecular complexity index is 997. The SMILES string of the molecule is COc1ccc(C(NC(=O)/C=C/c2ccc(Cl)c(Cl)c2)c2nccn2C)cc1. The molecule has 2 aromatic carbocycles. The van der Waals surface area contributed by atoms with E-state index < -0.39 is 6.04 Å². The van der Waals surface area contributed by atoms with E-state index in [-0.39, 0.29) is 5.91 Å². The fraction of sp³-hybridized carbons (Fsp3) is 0.143. The Morgan fingerprint density at radius 1 is 1.18 bits per heavy atom. The number of carbonyl (C=O) groups is 1. The van der Waals surface area contributed by atoms with Crippen molar-refractivity contribution in [2.75, 3.05) is 7.11 Å². The molecule has 3 rings (SSSR count). The maximum absolute atomic E-state index is 12.6. The third kappa shape index (κ3) is 4.74. The molecule has 144 valence electrons. The van der Waals surface area contributed by atoms with Gasteiger partial charge in [-0.15, -0.1) is 0 Å². The molecule has 0 spiro atoms. The van der Waals surface area contributed by atoms with Gasteiger partial charge in [-0.1, -0.05) is 41.4 Å². The lowest BCUT2D eigenvalue weighted by molar-refractivity contribution is -0.117. The lowest BCUT2D eigenvalue weighted by Crippen LogP contribution is -2.29. The minimum atomic E-state index is -0.406. The number of carbonyl (C=O) groups excluding carboxylic acids is 1. The van der Waals surface area contributed by atoms with E-state index in [0.717, 1.165) is 22.7 Å². The molecule has 1 N–H and O–H groups in total. The number of amides is 1. The van der Waals surface area contributed by atoms with E-state index in [2.05, 4.69) is 10.3 Å². The molecule has 1 atom stereocenters. The number of ether oxygens (including phenoxy) is 1. The molecule has 0 radical (unpaired) electrons. The van der Waals surface area contributed by atoms with Gasteiger partial charge >= 0.3 is 0 Å². The van der Waals surface area contributed by atoms with Crippen molar-refractivity contribution >= 4 is 35.2 Å². The number of nitrogens with zero attached hydrogens (tertiary/aromatic N) is 2. The Kier molecular flexibility index (Phi) is 6.39. The molecule has 0 aliphatic rings. The minimum absolute atomic E-state index is 0.255. The smallest absolute Gasteiger partial charge is 0.244 e. The second kappa shape index (κ2) is 8.95. The molecule has 28 heavy (non-hydrogen) atoms. The molecule has 0 bridgehead atoms. The van der Waals surface area contributed by atoms with E-state index in [0.29, 0.717) is 10.0 Å². The van der Waals surface area contributed by atoms with Gasteiger partial charge in [-0.05, 0) is 41.5 Å². The van der Waals surface area contributed by atoms with Gasteiger partial charge in [0.15, 0.2) is 0 Å². The van der Waals surface area contributed by atoms with Crippen LogP contribution in [0.2, 0.25) is 10.0 Å². The summed E-state index contributed by atoms with van der Waals surface area (Å²) in [6, 6.07) is 12.3. The summed E-state index contributed by atoms with van der Waals surface area (Å²) in [5.41, 5.74) is 1.67. The van der Waals surface area contributed by atoms with E-state index in [1.807, 2.05) is 42.1 Å². The van der Waals surface area contributed by atoms with E-state index in [1.165, 1.54) is 6.08 Å². The van der Waals surface area contributed by atoms with Crippen LogP contribution in [0.15, 0.2) is 60.9 Å². The van der Waals surface area contributed by atoms with Crippen molar-refractivity contribution in [2.24, 2.45) is 7.05 Å². The lowest BCUT2D eigenvalue weighted by atomic mass is 10.1. The lowest BCUT2D eigenvalue weighted by Gasteiger charge is -2.18. The fourth-order valence-electron chi connectivity index (χ4n) is 2.73. The van der Waals surface area contributed by atoms with Crippen LogP contribution in [-0.2, 0) is 11.8 Å². The van der Waals surface area contributed by atoms with Gasteiger partial charge in [0.25, 0.3) is 0 Å². The van der Waals surface area contributed by atoms with Crippen LogP contribution in [-0.4, -0.2) is 22.6 Å². The van der Waals surface area contributed by atoms with Crippen molar-refractivity contribution in [2.45, 2.75) is 6.04 Å². The largest absolute Gasteiger partial charge is 0.497 e. The van der Waals surface area contributed by atoms with Crippen LogP contribution in [0.25, 0.3) is 6.08 Å². The Hall–Kier alpha value is -2.76. The van der Waals surface area contributed by atoms with E-state index in [9.17, 15) is 4.79 Å². The minimum Gasteiger partial charge on any atom is -0.497 e. The molecule has 5 nitrogen and oxygen atoms in total. The second-order valence-corrected chi connectivity index (χ2v) is 6.93. The number of benzene rings is 2. The predicted molar refractivity (Wildman–Crippen MR) is 112 cm³/mol. The summed E-state index contributed by atoms with van der Waals surface area (Å²) in [5, 5.41) is 3.91. The average molecular weight is 416 g/mol. The van der Waals surface area contributed by atoms with Gasteiger partial charge in [-0.25, -0.2) is 4.98 Å². The van der Waals surface area contributed by atoms with E-state index >= 15 is 0 Å². The van der Waals surface area contributed by atoms with Gasteiger partial charge in [0.05, 0.1) is 17.2 Å². The van der Waals surface area contributed by atoms with Crippen molar-refractivity contribution in [1.82, 2.24) is 14.9 Å². The van der Waals surface area contributed by atoms with E-state index in [4.69, 9.17) is 27.9 Å². The molecular weight excluding hydrogens is 397 g/mol. The first-order valence-corrected chi connectivity index (χ1v) is 9.28. The molecular formula is C21H19Cl2N3O2. The average Bonchev–Trinajstić information content (AvgIpc) is 3.13. The quantitative estimate of drug-likeness (QED) is 0.595. The van der Waals surface area contributed by atoms with Crippen LogP contribution >= 0.6 is 23.2 Å². The summed E-state index contributed by atoms with van der Waals surface area (Å²) < 4.78 is 7.08. The molecule has 7 heteroatoms. The molecule has 0 saturated heterocycles. The van der Waals surface area contributed by atoms with Crippen LogP contribution in [0.3, 0.4) is 0 Å². The second-order valence-electron chi connectivity index (χ2n) is 6.12. The maximum Gasteiger partial charge on any atom is 0.244 e. The Morgan fingerprint density at radius 2 is 1.93 bits per heavy atom. The Labute approximate surface area is 173 Å². The Morgan fingerprint density at radius 3 is 2.54 bits per heavy atom. The van der Waals surface area contributed by atoms with Crippen LogP contribution in [0.4, 0.5) is 0 Å². The third-order valence-electron chi connectivity index (χ3n) is 4.22. The summed E-state index contributed by atoms with van der Waals surface area (Å²) in [6.07, 6.45) is 6.67. The van der Waals surface area contributed by atoms with Gasteiger partial charge < -0.3 is 14.6 Å². The summed E-state index contributed by atoms with van der Waals surface area (Å²) in [7, 11) is 3.50. The van der Waals surface area contributed by atoms with Gasteiger partial charge in [-0.3, -0.25) is 4.79 Å². The monoisotopic (exact) mass is 415 g/mol. The first-order chi connectivity index (χ1) is 13.5. The normalized spacial score (nSPS) is 12.1. The standard InChI is InChI=1S/C21H19Cl2N3O2/c1-26-12-11-24-21(26)20(15-5-7-16(28-2)8-6-15)25-19(27)10-4-14-3-9-17(22)18(23)13-14/h3-13,20H,1-2H3,(H,25,27)/b10-4+. The van der Waals surface area contributed by atoms with Gasteiger partial charge in [0.2, 0.25) is 5.91 Å². The summed E-state index contributed by atoms with van der Waals surface area (Å²) in [6.45, 7) is 0.